The smallest absolute Gasteiger partial charge is 0.133 e. The second-order valence-electron chi connectivity index (χ2n) is 5.01. The topological polar surface area (TPSA) is 35.2 Å². The lowest BCUT2D eigenvalue weighted by atomic mass is 9.89. The van der Waals surface area contributed by atoms with E-state index >= 15 is 0 Å². The lowest BCUT2D eigenvalue weighted by Crippen LogP contribution is -2.23. The van der Waals surface area contributed by atoms with Gasteiger partial charge in [0.05, 0.1) is 10.6 Å². The van der Waals surface area contributed by atoms with Crippen LogP contribution in [0.2, 0.25) is 0 Å². The molecule has 0 unspecified atom stereocenters. The Morgan fingerprint density at radius 1 is 1.33 bits per heavy atom. The van der Waals surface area contributed by atoms with Crippen LogP contribution in [0, 0.1) is 5.92 Å². The Morgan fingerprint density at radius 2 is 2.00 bits per heavy atom. The molecule has 0 radical (unpaired) electrons. The zero-order chi connectivity index (χ0) is 13.1. The third-order valence-electron chi connectivity index (χ3n) is 3.47. The summed E-state index contributed by atoms with van der Waals surface area (Å²) in [7, 11) is 0. The standard InChI is InChI=1S/C14H18BrNOS/c1-9-2-5-11(6-3-9)17-13-7-4-10(14(16)18)8-12(13)15/h4,7-9,11H,2-3,5-6H2,1H3,(H2,16,18). The van der Waals surface area contributed by atoms with Crippen molar-refractivity contribution in [1.82, 2.24) is 0 Å². The van der Waals surface area contributed by atoms with Gasteiger partial charge in [-0.15, -0.1) is 0 Å². The van der Waals surface area contributed by atoms with Crippen molar-refractivity contribution in [3.63, 3.8) is 0 Å². The van der Waals surface area contributed by atoms with Crippen LogP contribution in [0.15, 0.2) is 22.7 Å². The molecule has 18 heavy (non-hydrogen) atoms. The molecule has 2 rings (SSSR count). The molecule has 0 amide bonds. The number of hydrogen-bond acceptors (Lipinski definition) is 2. The summed E-state index contributed by atoms with van der Waals surface area (Å²) in [4.78, 5) is 0.411. The average Bonchev–Trinajstić information content (AvgIpc) is 2.34. The lowest BCUT2D eigenvalue weighted by Gasteiger charge is -2.27. The minimum absolute atomic E-state index is 0.341. The number of ether oxygens (including phenoxy) is 1. The van der Waals surface area contributed by atoms with Crippen molar-refractivity contribution in [3.05, 3.63) is 28.2 Å². The number of rotatable bonds is 3. The van der Waals surface area contributed by atoms with Gasteiger partial charge in [-0.05, 0) is 65.7 Å². The van der Waals surface area contributed by atoms with Gasteiger partial charge in [-0.1, -0.05) is 19.1 Å². The molecule has 1 aromatic carbocycles. The van der Waals surface area contributed by atoms with Gasteiger partial charge in [0.2, 0.25) is 0 Å². The van der Waals surface area contributed by atoms with Gasteiger partial charge in [-0.25, -0.2) is 0 Å². The Labute approximate surface area is 122 Å². The van der Waals surface area contributed by atoms with Crippen molar-refractivity contribution in [3.8, 4) is 5.75 Å². The van der Waals surface area contributed by atoms with Crippen molar-refractivity contribution in [2.24, 2.45) is 11.7 Å². The van der Waals surface area contributed by atoms with E-state index in [2.05, 4.69) is 22.9 Å². The van der Waals surface area contributed by atoms with Crippen molar-refractivity contribution in [2.75, 3.05) is 0 Å². The molecule has 0 saturated heterocycles. The van der Waals surface area contributed by atoms with Crippen LogP contribution in [-0.4, -0.2) is 11.1 Å². The molecule has 4 heteroatoms. The van der Waals surface area contributed by atoms with E-state index in [1.54, 1.807) is 0 Å². The molecule has 1 aliphatic carbocycles. The molecule has 0 heterocycles. The highest BCUT2D eigenvalue weighted by Crippen LogP contribution is 2.31. The molecule has 0 bridgehead atoms. The van der Waals surface area contributed by atoms with Gasteiger partial charge >= 0.3 is 0 Å². The molecule has 0 spiro atoms. The van der Waals surface area contributed by atoms with Gasteiger partial charge in [-0.3, -0.25) is 0 Å². The number of benzene rings is 1. The highest BCUT2D eigenvalue weighted by atomic mass is 79.9. The molecule has 2 nitrogen and oxygen atoms in total. The van der Waals surface area contributed by atoms with E-state index in [1.165, 1.54) is 12.8 Å². The van der Waals surface area contributed by atoms with E-state index in [0.29, 0.717) is 11.1 Å². The molecule has 0 aliphatic heterocycles. The van der Waals surface area contributed by atoms with E-state index < -0.39 is 0 Å². The Kier molecular flexibility index (Phi) is 4.62. The zero-order valence-electron chi connectivity index (χ0n) is 10.5. The van der Waals surface area contributed by atoms with Crippen LogP contribution in [-0.2, 0) is 0 Å². The first-order valence-corrected chi connectivity index (χ1v) is 7.52. The predicted octanol–water partition coefficient (Wildman–Crippen LogP) is 4.04. The first kappa shape index (κ1) is 13.8. The number of halogens is 1. The number of thiocarbonyl (C=S) groups is 1. The van der Waals surface area contributed by atoms with Crippen molar-refractivity contribution >= 4 is 33.1 Å². The van der Waals surface area contributed by atoms with Gasteiger partial charge < -0.3 is 10.5 Å². The molecule has 0 atom stereocenters. The molecule has 0 aromatic heterocycles. The number of nitrogens with two attached hydrogens (primary N) is 1. The molecule has 1 aromatic rings. The quantitative estimate of drug-likeness (QED) is 0.851. The highest BCUT2D eigenvalue weighted by molar-refractivity contribution is 9.10. The van der Waals surface area contributed by atoms with Crippen LogP contribution < -0.4 is 10.5 Å². The summed E-state index contributed by atoms with van der Waals surface area (Å²) >= 11 is 8.47. The maximum atomic E-state index is 6.04. The Bertz CT molecular complexity index is 441. The molecule has 1 saturated carbocycles. The molecular weight excluding hydrogens is 310 g/mol. The summed E-state index contributed by atoms with van der Waals surface area (Å²) in [6.45, 7) is 2.31. The van der Waals surface area contributed by atoms with Gasteiger partial charge in [0.15, 0.2) is 0 Å². The second kappa shape index (κ2) is 6.02. The van der Waals surface area contributed by atoms with Crippen LogP contribution in [0.4, 0.5) is 0 Å². The monoisotopic (exact) mass is 327 g/mol. The summed E-state index contributed by atoms with van der Waals surface area (Å²) in [6.07, 6.45) is 5.14. The molecule has 1 aliphatic rings. The summed E-state index contributed by atoms with van der Waals surface area (Å²) in [6, 6.07) is 5.77. The van der Waals surface area contributed by atoms with Gasteiger partial charge in [0.1, 0.15) is 10.7 Å². The van der Waals surface area contributed by atoms with Gasteiger partial charge in [-0.2, -0.15) is 0 Å². The summed E-state index contributed by atoms with van der Waals surface area (Å²) in [5, 5.41) is 0. The largest absolute Gasteiger partial charge is 0.489 e. The van der Waals surface area contributed by atoms with Gasteiger partial charge in [0, 0.05) is 5.56 Å². The summed E-state index contributed by atoms with van der Waals surface area (Å²) < 4.78 is 6.96. The molecular formula is C14H18BrNOS. The first-order valence-electron chi connectivity index (χ1n) is 6.32. The fraction of sp³-hybridized carbons (Fsp3) is 0.500. The summed E-state index contributed by atoms with van der Waals surface area (Å²) in [5.74, 6) is 1.72. The fourth-order valence-electron chi connectivity index (χ4n) is 2.28. The maximum absolute atomic E-state index is 6.04. The first-order chi connectivity index (χ1) is 8.56. The van der Waals surface area contributed by atoms with Crippen molar-refractivity contribution in [1.29, 1.82) is 0 Å². The fourth-order valence-corrected chi connectivity index (χ4v) is 2.88. The average molecular weight is 328 g/mol. The minimum atomic E-state index is 0.341. The van der Waals surface area contributed by atoms with E-state index in [9.17, 15) is 0 Å². The number of hydrogen-bond donors (Lipinski definition) is 1. The lowest BCUT2D eigenvalue weighted by molar-refractivity contribution is 0.134. The van der Waals surface area contributed by atoms with E-state index in [0.717, 1.165) is 34.5 Å². The molecule has 98 valence electrons. The summed E-state index contributed by atoms with van der Waals surface area (Å²) in [5.41, 5.74) is 6.46. The Hall–Kier alpha value is -0.610. The van der Waals surface area contributed by atoms with Crippen molar-refractivity contribution < 1.29 is 4.74 Å². The molecule has 2 N–H and O–H groups in total. The van der Waals surface area contributed by atoms with Crippen LogP contribution in [0.3, 0.4) is 0 Å². The van der Waals surface area contributed by atoms with Gasteiger partial charge in [0.25, 0.3) is 0 Å². The van der Waals surface area contributed by atoms with E-state index in [-0.39, 0.29) is 0 Å². The third kappa shape index (κ3) is 3.45. The Balaban J connectivity index is 2.03. The SMILES string of the molecule is CC1CCC(Oc2ccc(C(N)=S)cc2Br)CC1. The Morgan fingerprint density at radius 3 is 2.56 bits per heavy atom. The maximum Gasteiger partial charge on any atom is 0.133 e. The minimum Gasteiger partial charge on any atom is -0.489 e. The normalized spacial score (nSPS) is 23.7. The van der Waals surface area contributed by atoms with Crippen molar-refractivity contribution in [2.45, 2.75) is 38.7 Å². The third-order valence-corrected chi connectivity index (χ3v) is 4.33. The van der Waals surface area contributed by atoms with Crippen LogP contribution in [0.1, 0.15) is 38.2 Å². The highest BCUT2D eigenvalue weighted by Gasteiger charge is 2.20. The van der Waals surface area contributed by atoms with E-state index in [4.69, 9.17) is 22.7 Å². The predicted molar refractivity (Wildman–Crippen MR) is 82.1 cm³/mol. The second-order valence-corrected chi connectivity index (χ2v) is 6.30. The van der Waals surface area contributed by atoms with Crippen LogP contribution >= 0.6 is 28.1 Å². The van der Waals surface area contributed by atoms with Crippen LogP contribution in [0.5, 0.6) is 5.75 Å². The molecule has 1 fully saturated rings. The van der Waals surface area contributed by atoms with E-state index in [1.807, 2.05) is 18.2 Å². The van der Waals surface area contributed by atoms with Crippen LogP contribution in [0.25, 0.3) is 0 Å². The zero-order valence-corrected chi connectivity index (χ0v) is 12.9.